The molecule has 1 saturated carbocycles. The van der Waals surface area contributed by atoms with Gasteiger partial charge in [-0.05, 0) is 31.1 Å². The minimum absolute atomic E-state index is 0.00885. The maximum Gasteiger partial charge on any atom is 0.253 e. The van der Waals surface area contributed by atoms with E-state index in [9.17, 15) is 4.79 Å². The van der Waals surface area contributed by atoms with Gasteiger partial charge in [-0.3, -0.25) is 4.79 Å². The first kappa shape index (κ1) is 13.9. The minimum atomic E-state index is -0.00885. The molecule has 1 heterocycles. The van der Waals surface area contributed by atoms with Crippen molar-refractivity contribution in [3.8, 4) is 0 Å². The molecule has 4 heteroatoms. The number of anilines is 1. The van der Waals surface area contributed by atoms with Crippen LogP contribution >= 0.6 is 0 Å². The van der Waals surface area contributed by atoms with E-state index in [-0.39, 0.29) is 5.91 Å². The smallest absolute Gasteiger partial charge is 0.253 e. The molecule has 2 aromatic rings. The Kier molecular flexibility index (Phi) is 4.04. The summed E-state index contributed by atoms with van der Waals surface area (Å²) in [6.45, 7) is 3.00. The number of pyridine rings is 1. The lowest BCUT2D eigenvalue weighted by Gasteiger charge is -2.26. The van der Waals surface area contributed by atoms with Gasteiger partial charge in [0, 0.05) is 24.2 Å². The highest BCUT2D eigenvalue weighted by molar-refractivity contribution is 6.09. The van der Waals surface area contributed by atoms with E-state index in [0.717, 1.165) is 42.4 Å². The van der Waals surface area contributed by atoms with E-state index >= 15 is 0 Å². The van der Waals surface area contributed by atoms with Crippen LogP contribution in [0, 0.1) is 0 Å². The molecule has 0 bridgehead atoms. The van der Waals surface area contributed by atoms with Gasteiger partial charge in [0.2, 0.25) is 0 Å². The highest BCUT2D eigenvalue weighted by Crippen LogP contribution is 2.25. The lowest BCUT2D eigenvalue weighted by atomic mass is 9.93. The summed E-state index contributed by atoms with van der Waals surface area (Å²) in [5.41, 5.74) is 0.666. The Bertz CT molecular complexity index is 650. The highest BCUT2D eigenvalue weighted by atomic mass is 16.1. The molecule has 3 rings (SSSR count). The van der Waals surface area contributed by atoms with Gasteiger partial charge in [0.05, 0.1) is 5.56 Å². The van der Waals surface area contributed by atoms with Crippen LogP contribution in [-0.2, 0) is 0 Å². The summed E-state index contributed by atoms with van der Waals surface area (Å²) >= 11 is 0. The zero-order chi connectivity index (χ0) is 14.7. The van der Waals surface area contributed by atoms with Crippen LogP contribution in [-0.4, -0.2) is 23.5 Å². The zero-order valence-corrected chi connectivity index (χ0v) is 12.4. The molecule has 0 saturated heterocycles. The quantitative estimate of drug-likeness (QED) is 0.885. The van der Waals surface area contributed by atoms with Gasteiger partial charge in [0.15, 0.2) is 0 Å². The molecule has 0 spiro atoms. The van der Waals surface area contributed by atoms with Gasteiger partial charge < -0.3 is 10.6 Å². The normalized spacial score (nSPS) is 14.7. The van der Waals surface area contributed by atoms with Crippen LogP contribution in [0.2, 0.25) is 0 Å². The molecule has 0 radical (unpaired) electrons. The van der Waals surface area contributed by atoms with Crippen LogP contribution in [0.25, 0.3) is 10.8 Å². The summed E-state index contributed by atoms with van der Waals surface area (Å²) in [7, 11) is 0. The number of carbonyl (C=O) groups is 1. The fourth-order valence-corrected chi connectivity index (χ4v) is 2.57. The van der Waals surface area contributed by atoms with Gasteiger partial charge in [-0.15, -0.1) is 0 Å². The van der Waals surface area contributed by atoms with Crippen LogP contribution in [0.1, 0.15) is 43.0 Å². The Balaban J connectivity index is 1.93. The summed E-state index contributed by atoms with van der Waals surface area (Å²) in [5, 5.41) is 8.38. The molecule has 0 aliphatic heterocycles. The Hall–Kier alpha value is -2.10. The van der Waals surface area contributed by atoms with Crippen molar-refractivity contribution < 1.29 is 4.79 Å². The van der Waals surface area contributed by atoms with E-state index in [1.807, 2.05) is 24.3 Å². The Morgan fingerprint density at radius 3 is 2.71 bits per heavy atom. The van der Waals surface area contributed by atoms with Gasteiger partial charge in [-0.1, -0.05) is 31.2 Å². The fourth-order valence-electron chi connectivity index (χ4n) is 2.57. The number of rotatable bonds is 5. The molecule has 1 aliphatic carbocycles. The van der Waals surface area contributed by atoms with Gasteiger partial charge in [-0.25, -0.2) is 4.98 Å². The molecule has 2 N–H and O–H groups in total. The van der Waals surface area contributed by atoms with Crippen molar-refractivity contribution in [3.05, 3.63) is 36.0 Å². The van der Waals surface area contributed by atoms with Crippen molar-refractivity contribution >= 4 is 22.5 Å². The molecule has 21 heavy (non-hydrogen) atoms. The third-order valence-electron chi connectivity index (χ3n) is 4.02. The average molecular weight is 283 g/mol. The van der Waals surface area contributed by atoms with E-state index in [1.165, 1.54) is 6.42 Å². The molecule has 1 aliphatic rings. The van der Waals surface area contributed by atoms with Gasteiger partial charge >= 0.3 is 0 Å². The molecule has 0 atom stereocenters. The van der Waals surface area contributed by atoms with Gasteiger partial charge in [-0.2, -0.15) is 0 Å². The standard InChI is InChI=1S/C17H21N3O/c1-2-10-18-16-14-9-4-3-8-13(14)15(11-19-16)17(21)20-12-6-5-7-12/h3-4,8-9,11-12H,2,5-7,10H2,1H3,(H,18,19)(H,20,21). The molecule has 1 aromatic heterocycles. The largest absolute Gasteiger partial charge is 0.370 e. The number of hydrogen-bond donors (Lipinski definition) is 2. The van der Waals surface area contributed by atoms with Crippen LogP contribution in [0.4, 0.5) is 5.82 Å². The van der Waals surface area contributed by atoms with Crippen LogP contribution in [0.5, 0.6) is 0 Å². The summed E-state index contributed by atoms with van der Waals surface area (Å²) < 4.78 is 0. The van der Waals surface area contributed by atoms with Crippen molar-refractivity contribution in [1.29, 1.82) is 0 Å². The molecule has 1 aromatic carbocycles. The zero-order valence-electron chi connectivity index (χ0n) is 12.4. The monoisotopic (exact) mass is 283 g/mol. The molecule has 1 amide bonds. The van der Waals surface area contributed by atoms with E-state index < -0.39 is 0 Å². The Morgan fingerprint density at radius 2 is 2.05 bits per heavy atom. The summed E-state index contributed by atoms with van der Waals surface area (Å²) in [4.78, 5) is 16.9. The lowest BCUT2D eigenvalue weighted by molar-refractivity contribution is 0.0918. The van der Waals surface area contributed by atoms with Crippen LogP contribution in [0.15, 0.2) is 30.5 Å². The molecular formula is C17H21N3O. The number of benzene rings is 1. The number of amides is 1. The number of nitrogens with zero attached hydrogens (tertiary/aromatic N) is 1. The van der Waals surface area contributed by atoms with Gasteiger partial charge in [0.25, 0.3) is 5.91 Å². The molecule has 1 fully saturated rings. The average Bonchev–Trinajstić information content (AvgIpc) is 2.48. The molecule has 110 valence electrons. The predicted molar refractivity (Wildman–Crippen MR) is 85.6 cm³/mol. The van der Waals surface area contributed by atoms with Crippen molar-refractivity contribution in [2.24, 2.45) is 0 Å². The minimum Gasteiger partial charge on any atom is -0.370 e. The first-order valence-electron chi connectivity index (χ1n) is 7.72. The lowest BCUT2D eigenvalue weighted by Crippen LogP contribution is -2.39. The fraction of sp³-hybridized carbons (Fsp3) is 0.412. The number of hydrogen-bond acceptors (Lipinski definition) is 3. The van der Waals surface area contributed by atoms with E-state index in [4.69, 9.17) is 0 Å². The van der Waals surface area contributed by atoms with Crippen LogP contribution < -0.4 is 10.6 Å². The number of carbonyl (C=O) groups excluding carboxylic acids is 1. The molecule has 0 unspecified atom stereocenters. The SMILES string of the molecule is CCCNc1ncc(C(=O)NC2CCC2)c2ccccc12. The molecule has 4 nitrogen and oxygen atoms in total. The predicted octanol–water partition coefficient (Wildman–Crippen LogP) is 3.34. The van der Waals surface area contributed by atoms with Crippen molar-refractivity contribution in [3.63, 3.8) is 0 Å². The highest BCUT2D eigenvalue weighted by Gasteiger charge is 2.21. The van der Waals surface area contributed by atoms with Crippen molar-refractivity contribution in [2.75, 3.05) is 11.9 Å². The van der Waals surface area contributed by atoms with Gasteiger partial charge in [0.1, 0.15) is 5.82 Å². The second-order valence-corrected chi connectivity index (χ2v) is 5.59. The number of fused-ring (bicyclic) bond motifs is 1. The first-order valence-corrected chi connectivity index (χ1v) is 7.72. The first-order chi connectivity index (χ1) is 10.3. The van der Waals surface area contributed by atoms with Crippen molar-refractivity contribution in [2.45, 2.75) is 38.6 Å². The van der Waals surface area contributed by atoms with Crippen molar-refractivity contribution in [1.82, 2.24) is 10.3 Å². The third-order valence-corrected chi connectivity index (χ3v) is 4.02. The maximum absolute atomic E-state index is 12.4. The van der Waals surface area contributed by atoms with E-state index in [0.29, 0.717) is 11.6 Å². The second kappa shape index (κ2) is 6.12. The number of aromatic nitrogens is 1. The molecular weight excluding hydrogens is 262 g/mol. The summed E-state index contributed by atoms with van der Waals surface area (Å²) in [6, 6.07) is 8.29. The summed E-state index contributed by atoms with van der Waals surface area (Å²) in [6.07, 6.45) is 6.12. The Labute approximate surface area is 125 Å². The van der Waals surface area contributed by atoms with E-state index in [2.05, 4.69) is 22.5 Å². The third kappa shape index (κ3) is 2.84. The summed E-state index contributed by atoms with van der Waals surface area (Å²) in [5.74, 6) is 0.845. The van der Waals surface area contributed by atoms with E-state index in [1.54, 1.807) is 6.20 Å². The second-order valence-electron chi connectivity index (χ2n) is 5.59. The number of nitrogens with one attached hydrogen (secondary N) is 2. The Morgan fingerprint density at radius 1 is 1.29 bits per heavy atom. The maximum atomic E-state index is 12.4. The van der Waals surface area contributed by atoms with Crippen LogP contribution in [0.3, 0.4) is 0 Å². The topological polar surface area (TPSA) is 54.0 Å².